The molecule has 0 spiro atoms. The number of rotatable bonds is 13. The lowest BCUT2D eigenvalue weighted by Gasteiger charge is -2.13. The van der Waals surface area contributed by atoms with Crippen LogP contribution in [0, 0.1) is 5.92 Å². The van der Waals surface area contributed by atoms with Gasteiger partial charge < -0.3 is 19.9 Å². The van der Waals surface area contributed by atoms with E-state index in [4.69, 9.17) is 9.47 Å². The predicted molar refractivity (Wildman–Crippen MR) is 127 cm³/mol. The van der Waals surface area contributed by atoms with Crippen LogP contribution in [0.1, 0.15) is 49.8 Å². The molecule has 0 aromatic heterocycles. The number of amides is 1. The Hall–Kier alpha value is -3.28. The topological polar surface area (TPSA) is 88.2 Å². The van der Waals surface area contributed by atoms with Crippen LogP contribution in [0.4, 0.5) is 0 Å². The number of aryl methyl sites for hydroxylation is 2. The molecule has 2 N–H and O–H groups in total. The number of carbonyl (C=O) groups is 2. The van der Waals surface area contributed by atoms with Crippen LogP contribution in [-0.4, -0.2) is 29.6 Å². The molecule has 1 fully saturated rings. The molecular weight excluding hydrogens is 418 g/mol. The number of carboxylic acids is 1. The Balaban J connectivity index is 1.43. The molecule has 1 amide bonds. The molecule has 1 heterocycles. The highest BCUT2D eigenvalue weighted by molar-refractivity contribution is 5.75. The van der Waals surface area contributed by atoms with Gasteiger partial charge in [0.05, 0.1) is 12.5 Å². The van der Waals surface area contributed by atoms with Gasteiger partial charge in [-0.2, -0.15) is 0 Å². The lowest BCUT2D eigenvalue weighted by molar-refractivity contribution is -0.141. The summed E-state index contributed by atoms with van der Waals surface area (Å²) in [6, 6.07) is 13.9. The van der Waals surface area contributed by atoms with E-state index in [0.717, 1.165) is 54.1 Å². The average molecular weight is 452 g/mol. The fraction of sp³-hybridized carbons (Fsp3) is 0.407. The Morgan fingerprint density at radius 2 is 1.82 bits per heavy atom. The zero-order valence-corrected chi connectivity index (χ0v) is 19.4. The van der Waals surface area contributed by atoms with Crippen molar-refractivity contribution >= 4 is 11.9 Å². The molecule has 1 aliphatic heterocycles. The number of carbonyl (C=O) groups excluding carboxylic acids is 1. The highest BCUT2D eigenvalue weighted by Crippen LogP contribution is 2.26. The van der Waals surface area contributed by atoms with E-state index in [2.05, 4.69) is 31.0 Å². The van der Waals surface area contributed by atoms with Crippen LogP contribution in [0.2, 0.25) is 0 Å². The molecule has 2 unspecified atom stereocenters. The van der Waals surface area contributed by atoms with Crippen molar-refractivity contribution in [1.82, 2.24) is 5.32 Å². The van der Waals surface area contributed by atoms with Crippen molar-refractivity contribution in [1.29, 1.82) is 0 Å². The van der Waals surface area contributed by atoms with Crippen LogP contribution in [-0.2, 0) is 33.6 Å². The normalized spacial score (nSPS) is 15.5. The van der Waals surface area contributed by atoms with Gasteiger partial charge in [0.1, 0.15) is 17.3 Å². The van der Waals surface area contributed by atoms with Crippen LogP contribution in [0.25, 0.3) is 0 Å². The van der Waals surface area contributed by atoms with E-state index in [1.165, 1.54) is 5.56 Å². The molecular formula is C27H33NO5. The van der Waals surface area contributed by atoms with Gasteiger partial charge in [0.2, 0.25) is 5.91 Å². The summed E-state index contributed by atoms with van der Waals surface area (Å²) in [6.07, 6.45) is 4.54. The molecule has 6 nitrogen and oxygen atoms in total. The van der Waals surface area contributed by atoms with Gasteiger partial charge in [0.25, 0.3) is 0 Å². The van der Waals surface area contributed by atoms with Gasteiger partial charge in [0, 0.05) is 6.42 Å². The van der Waals surface area contributed by atoms with Crippen LogP contribution in [0.5, 0.6) is 11.5 Å². The van der Waals surface area contributed by atoms with Crippen LogP contribution < -0.4 is 10.1 Å². The summed E-state index contributed by atoms with van der Waals surface area (Å²) < 4.78 is 11.1. The molecule has 3 rings (SSSR count). The predicted octanol–water partition coefficient (Wildman–Crippen LogP) is 5.05. The first-order valence-corrected chi connectivity index (χ1v) is 11.6. The van der Waals surface area contributed by atoms with Crippen LogP contribution in [0.3, 0.4) is 0 Å². The lowest BCUT2D eigenvalue weighted by Crippen LogP contribution is -2.26. The molecule has 2 aromatic carbocycles. The summed E-state index contributed by atoms with van der Waals surface area (Å²) in [5, 5.41) is 12.0. The first kappa shape index (κ1) is 24.4. The number of carboxylic acid groups (broad SMARTS) is 1. The number of ether oxygens (including phenoxy) is 2. The zero-order chi connectivity index (χ0) is 23.8. The number of epoxide rings is 1. The number of aliphatic carboxylic acids is 1. The highest BCUT2D eigenvalue weighted by atomic mass is 16.6. The second kappa shape index (κ2) is 11.5. The second-order valence-electron chi connectivity index (χ2n) is 8.56. The smallest absolute Gasteiger partial charge is 0.306 e. The first-order chi connectivity index (χ1) is 15.9. The van der Waals surface area contributed by atoms with E-state index in [0.29, 0.717) is 19.4 Å². The number of hydrogen-bond acceptors (Lipinski definition) is 4. The van der Waals surface area contributed by atoms with Crippen molar-refractivity contribution in [3.05, 3.63) is 71.5 Å². The number of benzene rings is 2. The van der Waals surface area contributed by atoms with Crippen molar-refractivity contribution < 1.29 is 24.2 Å². The third-order valence-electron chi connectivity index (χ3n) is 5.86. The Bertz CT molecular complexity index is 983. The van der Waals surface area contributed by atoms with Gasteiger partial charge in [-0.05, 0) is 73.1 Å². The zero-order valence-electron chi connectivity index (χ0n) is 19.4. The molecule has 2 aromatic rings. The van der Waals surface area contributed by atoms with E-state index < -0.39 is 11.9 Å². The quantitative estimate of drug-likeness (QED) is 0.329. The maximum atomic E-state index is 11.8. The van der Waals surface area contributed by atoms with Gasteiger partial charge >= 0.3 is 5.97 Å². The van der Waals surface area contributed by atoms with Gasteiger partial charge in [0.15, 0.2) is 6.10 Å². The van der Waals surface area contributed by atoms with E-state index in [1.807, 2.05) is 30.3 Å². The van der Waals surface area contributed by atoms with E-state index >= 15 is 0 Å². The Labute approximate surface area is 195 Å². The molecule has 1 saturated heterocycles. The summed E-state index contributed by atoms with van der Waals surface area (Å²) in [6.45, 7) is 7.99. The summed E-state index contributed by atoms with van der Waals surface area (Å²) >= 11 is 0. The minimum absolute atomic E-state index is 0.00168. The lowest BCUT2D eigenvalue weighted by atomic mass is 9.95. The van der Waals surface area contributed by atoms with Gasteiger partial charge in [-0.25, -0.2) is 0 Å². The van der Waals surface area contributed by atoms with Crippen molar-refractivity contribution in [3.8, 4) is 11.5 Å². The molecule has 0 radical (unpaired) electrons. The minimum atomic E-state index is -0.781. The van der Waals surface area contributed by atoms with Crippen molar-refractivity contribution in [2.75, 3.05) is 6.54 Å². The van der Waals surface area contributed by atoms with E-state index in [-0.39, 0.29) is 12.0 Å². The summed E-state index contributed by atoms with van der Waals surface area (Å²) in [4.78, 5) is 23.0. The van der Waals surface area contributed by atoms with E-state index in [1.54, 1.807) is 6.92 Å². The first-order valence-electron chi connectivity index (χ1n) is 11.6. The Morgan fingerprint density at radius 1 is 1.12 bits per heavy atom. The monoisotopic (exact) mass is 451 g/mol. The summed E-state index contributed by atoms with van der Waals surface area (Å²) in [7, 11) is 0. The maximum Gasteiger partial charge on any atom is 0.306 e. The minimum Gasteiger partial charge on any atom is -0.482 e. The molecule has 0 saturated carbocycles. The summed E-state index contributed by atoms with van der Waals surface area (Å²) in [5.74, 6) is 1.11. The Morgan fingerprint density at radius 3 is 2.45 bits per heavy atom. The average Bonchev–Trinajstić information content (AvgIpc) is 3.52. The third-order valence-corrected chi connectivity index (χ3v) is 5.86. The third kappa shape index (κ3) is 7.67. The number of nitrogens with one attached hydrogen (secondary N) is 1. The van der Waals surface area contributed by atoms with Crippen molar-refractivity contribution in [2.45, 2.75) is 58.5 Å². The number of hydrogen-bond donors (Lipinski definition) is 2. The summed E-state index contributed by atoms with van der Waals surface area (Å²) in [5.41, 5.74) is 3.36. The fourth-order valence-electron chi connectivity index (χ4n) is 3.69. The van der Waals surface area contributed by atoms with Crippen molar-refractivity contribution in [2.24, 2.45) is 5.92 Å². The SMILES string of the molecule is C=C1OC1CNC(=O)CCCCc1ccc(Oc2ccc(CC(C)C(=O)O)c(CC)c2)cc1. The molecule has 1 aliphatic rings. The van der Waals surface area contributed by atoms with Gasteiger partial charge in [-0.3, -0.25) is 9.59 Å². The standard InChI is InChI=1S/C27H33NO5/c1-4-21-16-24(14-11-22(21)15-18(2)27(30)31)33-23-12-9-20(10-13-23)7-5-6-8-26(29)28-17-25-19(3)32-25/h9-14,16,18,25H,3-8,15,17H2,1-2H3,(H,28,29)(H,30,31). The Kier molecular flexibility index (Phi) is 8.52. The van der Waals surface area contributed by atoms with Crippen molar-refractivity contribution in [3.63, 3.8) is 0 Å². The molecule has 176 valence electrons. The van der Waals surface area contributed by atoms with Crippen LogP contribution in [0.15, 0.2) is 54.8 Å². The molecule has 0 bridgehead atoms. The van der Waals surface area contributed by atoms with E-state index in [9.17, 15) is 14.7 Å². The molecule has 2 atom stereocenters. The fourth-order valence-corrected chi connectivity index (χ4v) is 3.69. The highest BCUT2D eigenvalue weighted by Gasteiger charge is 2.30. The van der Waals surface area contributed by atoms with Crippen LogP contribution >= 0.6 is 0 Å². The maximum absolute atomic E-state index is 11.8. The number of unbranched alkanes of at least 4 members (excludes halogenated alkanes) is 1. The molecule has 33 heavy (non-hydrogen) atoms. The molecule has 0 aliphatic carbocycles. The second-order valence-corrected chi connectivity index (χ2v) is 8.56. The van der Waals surface area contributed by atoms with Gasteiger partial charge in [-0.1, -0.05) is 38.6 Å². The largest absolute Gasteiger partial charge is 0.482 e. The molecule has 6 heteroatoms. The van der Waals surface area contributed by atoms with Gasteiger partial charge in [-0.15, -0.1) is 0 Å².